The summed E-state index contributed by atoms with van der Waals surface area (Å²) in [6.45, 7) is 3.00. The summed E-state index contributed by atoms with van der Waals surface area (Å²) >= 11 is 0. The van der Waals surface area contributed by atoms with Crippen LogP contribution in [-0.4, -0.2) is 24.5 Å². The highest BCUT2D eigenvalue weighted by molar-refractivity contribution is 5.85. The fourth-order valence-electron chi connectivity index (χ4n) is 3.20. The first kappa shape index (κ1) is 17.2. The van der Waals surface area contributed by atoms with Gasteiger partial charge in [0, 0.05) is 18.0 Å². The number of carbonyl (C=O) groups is 1. The SMILES string of the molecule is CC1CC(NC(=O)C2CC2c2cc(F)ccc2F)CCN1.Cl. The zero-order valence-corrected chi connectivity index (χ0v) is 13.3. The van der Waals surface area contributed by atoms with Crippen molar-refractivity contribution < 1.29 is 13.6 Å². The summed E-state index contributed by atoms with van der Waals surface area (Å²) in [5, 5.41) is 6.39. The van der Waals surface area contributed by atoms with Crippen LogP contribution in [0.2, 0.25) is 0 Å². The third-order valence-corrected chi connectivity index (χ3v) is 4.45. The monoisotopic (exact) mass is 330 g/mol. The molecule has 3 rings (SSSR count). The van der Waals surface area contributed by atoms with Crippen LogP contribution in [0.25, 0.3) is 0 Å². The van der Waals surface area contributed by atoms with E-state index in [1.165, 1.54) is 6.07 Å². The second-order valence-corrected chi connectivity index (χ2v) is 6.20. The molecule has 6 heteroatoms. The van der Waals surface area contributed by atoms with Crippen LogP contribution >= 0.6 is 12.4 Å². The molecule has 22 heavy (non-hydrogen) atoms. The van der Waals surface area contributed by atoms with Gasteiger partial charge < -0.3 is 10.6 Å². The quantitative estimate of drug-likeness (QED) is 0.894. The van der Waals surface area contributed by atoms with E-state index in [9.17, 15) is 13.6 Å². The third kappa shape index (κ3) is 3.76. The molecular formula is C16H21ClF2N2O. The van der Waals surface area contributed by atoms with Crippen LogP contribution in [0.3, 0.4) is 0 Å². The van der Waals surface area contributed by atoms with Gasteiger partial charge in [-0.05, 0) is 62.4 Å². The molecule has 2 fully saturated rings. The van der Waals surface area contributed by atoms with Crippen molar-refractivity contribution >= 4 is 18.3 Å². The molecule has 0 bridgehead atoms. The van der Waals surface area contributed by atoms with Gasteiger partial charge in [-0.1, -0.05) is 0 Å². The molecule has 1 aliphatic carbocycles. The maximum absolute atomic E-state index is 13.7. The Bertz CT molecular complexity index is 555. The van der Waals surface area contributed by atoms with Gasteiger partial charge in [0.2, 0.25) is 5.91 Å². The molecule has 1 saturated carbocycles. The van der Waals surface area contributed by atoms with Crippen LogP contribution in [0.5, 0.6) is 0 Å². The van der Waals surface area contributed by atoms with Crippen molar-refractivity contribution in [1.29, 1.82) is 0 Å². The van der Waals surface area contributed by atoms with Crippen molar-refractivity contribution in [3.63, 3.8) is 0 Å². The molecule has 1 aromatic carbocycles. The molecule has 0 aromatic heterocycles. The number of benzene rings is 1. The number of nitrogens with one attached hydrogen (secondary N) is 2. The van der Waals surface area contributed by atoms with E-state index >= 15 is 0 Å². The first-order chi connectivity index (χ1) is 10.0. The van der Waals surface area contributed by atoms with Gasteiger partial charge in [-0.3, -0.25) is 4.79 Å². The van der Waals surface area contributed by atoms with Crippen LogP contribution in [0.1, 0.15) is 37.7 Å². The molecule has 1 aromatic rings. The Morgan fingerprint density at radius 3 is 2.82 bits per heavy atom. The first-order valence-electron chi connectivity index (χ1n) is 7.53. The lowest BCUT2D eigenvalue weighted by Crippen LogP contribution is -2.47. The Hall–Kier alpha value is -1.20. The van der Waals surface area contributed by atoms with Gasteiger partial charge in [0.15, 0.2) is 0 Å². The lowest BCUT2D eigenvalue weighted by atomic mass is 10.00. The average Bonchev–Trinajstić information content (AvgIpc) is 3.22. The van der Waals surface area contributed by atoms with Crippen molar-refractivity contribution in [2.75, 3.05) is 6.54 Å². The Kier molecular flexibility index (Phi) is 5.40. The molecule has 1 amide bonds. The molecule has 0 spiro atoms. The molecule has 1 saturated heterocycles. The van der Waals surface area contributed by atoms with Crippen LogP contribution in [-0.2, 0) is 4.79 Å². The maximum Gasteiger partial charge on any atom is 0.223 e. The lowest BCUT2D eigenvalue weighted by molar-refractivity contribution is -0.123. The first-order valence-corrected chi connectivity index (χ1v) is 7.53. The van der Waals surface area contributed by atoms with Crippen molar-refractivity contribution in [1.82, 2.24) is 10.6 Å². The Labute approximate surface area is 135 Å². The maximum atomic E-state index is 13.7. The highest BCUT2D eigenvalue weighted by Crippen LogP contribution is 2.48. The number of carbonyl (C=O) groups excluding carboxylic acids is 1. The largest absolute Gasteiger partial charge is 0.353 e. The summed E-state index contributed by atoms with van der Waals surface area (Å²) in [6.07, 6.45) is 2.44. The van der Waals surface area contributed by atoms with Gasteiger partial charge in [0.1, 0.15) is 11.6 Å². The minimum atomic E-state index is -0.454. The normalized spacial score (nSPS) is 30.3. The van der Waals surface area contributed by atoms with E-state index in [0.29, 0.717) is 18.0 Å². The molecule has 0 radical (unpaired) electrons. The van der Waals surface area contributed by atoms with Gasteiger partial charge in [-0.2, -0.15) is 0 Å². The lowest BCUT2D eigenvalue weighted by Gasteiger charge is -2.28. The molecule has 3 nitrogen and oxygen atoms in total. The van der Waals surface area contributed by atoms with E-state index in [2.05, 4.69) is 17.6 Å². The third-order valence-electron chi connectivity index (χ3n) is 4.45. The second-order valence-electron chi connectivity index (χ2n) is 6.20. The predicted molar refractivity (Wildman–Crippen MR) is 83.1 cm³/mol. The van der Waals surface area contributed by atoms with E-state index < -0.39 is 11.6 Å². The average molecular weight is 331 g/mol. The van der Waals surface area contributed by atoms with Gasteiger partial charge >= 0.3 is 0 Å². The smallest absolute Gasteiger partial charge is 0.223 e. The van der Waals surface area contributed by atoms with Crippen molar-refractivity contribution in [3.8, 4) is 0 Å². The van der Waals surface area contributed by atoms with Crippen LogP contribution in [0, 0.1) is 17.6 Å². The summed E-state index contributed by atoms with van der Waals surface area (Å²) < 4.78 is 26.9. The number of halogens is 3. The molecule has 4 unspecified atom stereocenters. The molecule has 4 atom stereocenters. The highest BCUT2D eigenvalue weighted by Gasteiger charge is 2.45. The summed E-state index contributed by atoms with van der Waals surface area (Å²) in [6, 6.07) is 4.03. The zero-order chi connectivity index (χ0) is 15.0. The Balaban J connectivity index is 0.00000176. The molecule has 1 aliphatic heterocycles. The van der Waals surface area contributed by atoms with Crippen LogP contribution < -0.4 is 10.6 Å². The fourth-order valence-corrected chi connectivity index (χ4v) is 3.20. The minimum Gasteiger partial charge on any atom is -0.353 e. The number of hydrogen-bond donors (Lipinski definition) is 2. The Morgan fingerprint density at radius 1 is 1.32 bits per heavy atom. The van der Waals surface area contributed by atoms with E-state index in [-0.39, 0.29) is 36.2 Å². The van der Waals surface area contributed by atoms with E-state index in [4.69, 9.17) is 0 Å². The molecule has 1 heterocycles. The predicted octanol–water partition coefficient (Wildman–Crippen LogP) is 2.75. The van der Waals surface area contributed by atoms with E-state index in [1.807, 2.05) is 0 Å². The summed E-state index contributed by atoms with van der Waals surface area (Å²) in [7, 11) is 0. The van der Waals surface area contributed by atoms with Gasteiger partial charge in [-0.15, -0.1) is 12.4 Å². The second kappa shape index (κ2) is 6.92. The standard InChI is InChI=1S/C16H20F2N2O.ClH/c1-9-6-11(4-5-19-9)20-16(21)14-8-12(14)13-7-10(17)2-3-15(13)18;/h2-3,7,9,11-12,14,19H,4-6,8H2,1H3,(H,20,21);1H. The van der Waals surface area contributed by atoms with Crippen molar-refractivity contribution in [2.24, 2.45) is 5.92 Å². The molecule has 122 valence electrons. The fraction of sp³-hybridized carbons (Fsp3) is 0.562. The molecular weight excluding hydrogens is 310 g/mol. The van der Waals surface area contributed by atoms with Crippen LogP contribution in [0.4, 0.5) is 8.78 Å². The van der Waals surface area contributed by atoms with Gasteiger partial charge in [0.25, 0.3) is 0 Å². The topological polar surface area (TPSA) is 41.1 Å². The molecule has 2 N–H and O–H groups in total. The Morgan fingerprint density at radius 2 is 2.09 bits per heavy atom. The molecule has 2 aliphatic rings. The van der Waals surface area contributed by atoms with E-state index in [0.717, 1.165) is 31.5 Å². The number of rotatable bonds is 3. The van der Waals surface area contributed by atoms with Crippen molar-refractivity contribution in [3.05, 3.63) is 35.4 Å². The van der Waals surface area contributed by atoms with Crippen LogP contribution in [0.15, 0.2) is 18.2 Å². The highest BCUT2D eigenvalue weighted by atomic mass is 35.5. The van der Waals surface area contributed by atoms with E-state index in [1.54, 1.807) is 0 Å². The number of amides is 1. The number of hydrogen-bond acceptors (Lipinski definition) is 2. The number of piperidine rings is 1. The summed E-state index contributed by atoms with van der Waals surface area (Å²) in [5.74, 6) is -1.30. The minimum absolute atomic E-state index is 0. The van der Waals surface area contributed by atoms with Gasteiger partial charge in [-0.25, -0.2) is 8.78 Å². The van der Waals surface area contributed by atoms with Crippen molar-refractivity contribution in [2.45, 2.75) is 44.2 Å². The van der Waals surface area contributed by atoms with Gasteiger partial charge in [0.05, 0.1) is 0 Å². The summed E-state index contributed by atoms with van der Waals surface area (Å²) in [5.41, 5.74) is 0.328. The summed E-state index contributed by atoms with van der Waals surface area (Å²) in [4.78, 5) is 12.2. The zero-order valence-electron chi connectivity index (χ0n) is 12.4.